The number of carbonyl (C=O) groups is 2. The van der Waals surface area contributed by atoms with Crippen LogP contribution in [0.4, 0.5) is 0 Å². The maximum atomic E-state index is 12.4. The van der Waals surface area contributed by atoms with Crippen LogP contribution in [0.1, 0.15) is 51.9 Å². The van der Waals surface area contributed by atoms with Gasteiger partial charge in [-0.2, -0.15) is 0 Å². The first-order valence-electron chi connectivity index (χ1n) is 7.81. The molecule has 2 aliphatic carbocycles. The summed E-state index contributed by atoms with van der Waals surface area (Å²) >= 11 is 0. The molecule has 0 radical (unpaired) electrons. The lowest BCUT2D eigenvalue weighted by molar-refractivity contribution is -0.146. The Bertz CT molecular complexity index is 372. The van der Waals surface area contributed by atoms with Crippen molar-refractivity contribution >= 4 is 11.9 Å². The molecule has 0 spiro atoms. The SMILES string of the molecule is CCC1CC(C(=O)O)C(C(=O)NC2CCCCC2N)C1. The second-order valence-corrected chi connectivity index (χ2v) is 6.36. The van der Waals surface area contributed by atoms with E-state index in [0.717, 1.165) is 32.1 Å². The van der Waals surface area contributed by atoms with Crippen molar-refractivity contribution in [1.29, 1.82) is 0 Å². The van der Waals surface area contributed by atoms with Crippen LogP contribution in [0.25, 0.3) is 0 Å². The monoisotopic (exact) mass is 282 g/mol. The first-order valence-corrected chi connectivity index (χ1v) is 7.81. The maximum absolute atomic E-state index is 12.4. The van der Waals surface area contributed by atoms with Crippen LogP contribution in [0.2, 0.25) is 0 Å². The van der Waals surface area contributed by atoms with Crippen LogP contribution in [-0.4, -0.2) is 29.1 Å². The highest BCUT2D eigenvalue weighted by Gasteiger charge is 2.42. The summed E-state index contributed by atoms with van der Waals surface area (Å²) in [6.45, 7) is 2.06. The zero-order valence-corrected chi connectivity index (χ0v) is 12.2. The smallest absolute Gasteiger partial charge is 0.307 e. The first kappa shape index (κ1) is 15.3. The highest BCUT2D eigenvalue weighted by Crippen LogP contribution is 2.38. The number of aliphatic carboxylic acids is 1. The molecule has 4 N–H and O–H groups in total. The minimum Gasteiger partial charge on any atom is -0.481 e. The van der Waals surface area contributed by atoms with Gasteiger partial charge in [0.2, 0.25) is 5.91 Å². The van der Waals surface area contributed by atoms with E-state index in [1.807, 2.05) is 0 Å². The molecule has 0 aromatic heterocycles. The Balaban J connectivity index is 1.98. The van der Waals surface area contributed by atoms with E-state index in [1.54, 1.807) is 0 Å². The third-order valence-corrected chi connectivity index (χ3v) is 5.04. The van der Waals surface area contributed by atoms with Gasteiger partial charge in [-0.1, -0.05) is 26.2 Å². The molecule has 0 aromatic carbocycles. The summed E-state index contributed by atoms with van der Waals surface area (Å²) in [7, 11) is 0. The molecule has 0 aliphatic heterocycles. The highest BCUT2D eigenvalue weighted by molar-refractivity contribution is 5.85. The van der Waals surface area contributed by atoms with Gasteiger partial charge in [0.15, 0.2) is 0 Å². The van der Waals surface area contributed by atoms with Gasteiger partial charge in [-0.15, -0.1) is 0 Å². The van der Waals surface area contributed by atoms with Crippen LogP contribution >= 0.6 is 0 Å². The van der Waals surface area contributed by atoms with Crippen molar-refractivity contribution in [3.63, 3.8) is 0 Å². The summed E-state index contributed by atoms with van der Waals surface area (Å²) in [6, 6.07) is 0.0331. The lowest BCUT2D eigenvalue weighted by Gasteiger charge is -2.30. The average Bonchev–Trinajstić information content (AvgIpc) is 2.86. The number of carboxylic acid groups (broad SMARTS) is 1. The minimum atomic E-state index is -0.839. The van der Waals surface area contributed by atoms with E-state index in [2.05, 4.69) is 12.2 Å². The molecule has 5 nitrogen and oxygen atoms in total. The molecule has 5 atom stereocenters. The van der Waals surface area contributed by atoms with Crippen molar-refractivity contribution in [2.75, 3.05) is 0 Å². The van der Waals surface area contributed by atoms with Gasteiger partial charge in [0, 0.05) is 12.1 Å². The van der Waals surface area contributed by atoms with Crippen LogP contribution in [0.3, 0.4) is 0 Å². The van der Waals surface area contributed by atoms with E-state index in [-0.39, 0.29) is 23.9 Å². The van der Waals surface area contributed by atoms with Crippen molar-refractivity contribution < 1.29 is 14.7 Å². The molecule has 1 amide bonds. The molecule has 5 unspecified atom stereocenters. The van der Waals surface area contributed by atoms with Crippen LogP contribution in [0.5, 0.6) is 0 Å². The maximum Gasteiger partial charge on any atom is 0.307 e. The van der Waals surface area contributed by atoms with Crippen molar-refractivity contribution in [2.45, 2.75) is 64.0 Å². The summed E-state index contributed by atoms with van der Waals surface area (Å²) in [5.74, 6) is -1.50. The molecule has 0 saturated heterocycles. The molecule has 2 fully saturated rings. The third-order valence-electron chi connectivity index (χ3n) is 5.04. The molecule has 2 rings (SSSR count). The normalized spacial score (nSPS) is 37.6. The number of nitrogens with two attached hydrogens (primary N) is 1. The second-order valence-electron chi connectivity index (χ2n) is 6.36. The van der Waals surface area contributed by atoms with Gasteiger partial charge < -0.3 is 16.2 Å². The van der Waals surface area contributed by atoms with E-state index in [1.165, 1.54) is 0 Å². The Morgan fingerprint density at radius 1 is 1.20 bits per heavy atom. The fraction of sp³-hybridized carbons (Fsp3) is 0.867. The zero-order valence-electron chi connectivity index (χ0n) is 12.2. The number of nitrogens with one attached hydrogen (secondary N) is 1. The summed E-state index contributed by atoms with van der Waals surface area (Å²) in [5, 5.41) is 12.3. The Kier molecular flexibility index (Phi) is 5.02. The largest absolute Gasteiger partial charge is 0.481 e. The molecule has 2 saturated carbocycles. The standard InChI is InChI=1S/C15H26N2O3/c1-2-9-7-10(11(8-9)15(19)20)14(18)17-13-6-4-3-5-12(13)16/h9-13H,2-8,16H2,1H3,(H,17,18)(H,19,20). The lowest BCUT2D eigenvalue weighted by Crippen LogP contribution is -2.51. The van der Waals surface area contributed by atoms with E-state index < -0.39 is 11.9 Å². The number of carbonyl (C=O) groups excluding carboxylic acids is 1. The lowest BCUT2D eigenvalue weighted by atomic mass is 9.89. The summed E-state index contributed by atoms with van der Waals surface area (Å²) in [6.07, 6.45) is 6.32. The molecular formula is C15H26N2O3. The van der Waals surface area contributed by atoms with Gasteiger partial charge in [0.1, 0.15) is 0 Å². The molecule has 0 heterocycles. The Hall–Kier alpha value is -1.10. The quantitative estimate of drug-likeness (QED) is 0.728. The summed E-state index contributed by atoms with van der Waals surface area (Å²) in [5.41, 5.74) is 6.04. The molecule has 0 aromatic rings. The fourth-order valence-electron chi connectivity index (χ4n) is 3.67. The second kappa shape index (κ2) is 6.57. The number of hydrogen-bond acceptors (Lipinski definition) is 3. The molecule has 5 heteroatoms. The summed E-state index contributed by atoms with van der Waals surface area (Å²) in [4.78, 5) is 23.7. The predicted molar refractivity (Wildman–Crippen MR) is 76.0 cm³/mol. The van der Waals surface area contributed by atoms with E-state index in [9.17, 15) is 14.7 Å². The topological polar surface area (TPSA) is 92.4 Å². The van der Waals surface area contributed by atoms with E-state index in [0.29, 0.717) is 18.8 Å². The highest BCUT2D eigenvalue weighted by atomic mass is 16.4. The Morgan fingerprint density at radius 3 is 2.45 bits per heavy atom. The van der Waals surface area contributed by atoms with Crippen LogP contribution in [0.15, 0.2) is 0 Å². The van der Waals surface area contributed by atoms with Crippen LogP contribution < -0.4 is 11.1 Å². The molecule has 2 aliphatic rings. The van der Waals surface area contributed by atoms with Gasteiger partial charge in [0.25, 0.3) is 0 Å². The van der Waals surface area contributed by atoms with Crippen LogP contribution in [-0.2, 0) is 9.59 Å². The van der Waals surface area contributed by atoms with Crippen molar-refractivity contribution in [2.24, 2.45) is 23.5 Å². The molecule has 0 bridgehead atoms. The average molecular weight is 282 g/mol. The van der Waals surface area contributed by atoms with Crippen LogP contribution in [0, 0.1) is 17.8 Å². The van der Waals surface area contributed by atoms with Crippen molar-refractivity contribution in [3.8, 4) is 0 Å². The Labute approximate surface area is 120 Å². The van der Waals surface area contributed by atoms with Gasteiger partial charge >= 0.3 is 5.97 Å². The van der Waals surface area contributed by atoms with E-state index in [4.69, 9.17) is 5.73 Å². The molecular weight excluding hydrogens is 256 g/mol. The molecule has 20 heavy (non-hydrogen) atoms. The minimum absolute atomic E-state index is 0.0133. The van der Waals surface area contributed by atoms with E-state index >= 15 is 0 Å². The van der Waals surface area contributed by atoms with Gasteiger partial charge in [-0.3, -0.25) is 9.59 Å². The van der Waals surface area contributed by atoms with Crippen molar-refractivity contribution in [1.82, 2.24) is 5.32 Å². The van der Waals surface area contributed by atoms with Crippen molar-refractivity contribution in [3.05, 3.63) is 0 Å². The number of hydrogen-bond donors (Lipinski definition) is 3. The van der Waals surface area contributed by atoms with Gasteiger partial charge in [-0.25, -0.2) is 0 Å². The zero-order chi connectivity index (χ0) is 14.7. The Morgan fingerprint density at radius 2 is 1.85 bits per heavy atom. The number of rotatable bonds is 4. The summed E-state index contributed by atoms with van der Waals surface area (Å²) < 4.78 is 0. The number of carboxylic acids is 1. The molecule has 114 valence electrons. The third kappa shape index (κ3) is 3.32. The fourth-order valence-corrected chi connectivity index (χ4v) is 3.67. The first-order chi connectivity index (χ1) is 9.52. The van der Waals surface area contributed by atoms with Gasteiger partial charge in [0.05, 0.1) is 11.8 Å². The van der Waals surface area contributed by atoms with Gasteiger partial charge in [-0.05, 0) is 31.6 Å². The number of amides is 1. The predicted octanol–water partition coefficient (Wildman–Crippen LogP) is 1.51.